The van der Waals surface area contributed by atoms with Crippen LogP contribution < -0.4 is 21.1 Å². The van der Waals surface area contributed by atoms with Crippen LogP contribution in [0.3, 0.4) is 0 Å². The number of unbranched alkanes of at least 4 members (excludes halogenated alkanes) is 3. The second kappa shape index (κ2) is 12.2. The van der Waals surface area contributed by atoms with Crippen LogP contribution in [0.25, 0.3) is 0 Å². The Morgan fingerprint density at radius 1 is 1.23 bits per heavy atom. The summed E-state index contributed by atoms with van der Waals surface area (Å²) in [6.07, 6.45) is 5.00. The zero-order valence-corrected chi connectivity index (χ0v) is 21.2. The molecule has 0 aliphatic rings. The van der Waals surface area contributed by atoms with Gasteiger partial charge in [-0.3, -0.25) is 14.9 Å². The summed E-state index contributed by atoms with van der Waals surface area (Å²) in [4.78, 5) is 25.8. The van der Waals surface area contributed by atoms with E-state index in [1.807, 2.05) is 19.9 Å². The average Bonchev–Trinajstić information content (AvgIpc) is 3.03. The van der Waals surface area contributed by atoms with E-state index < -0.39 is 11.8 Å². The number of carbonyl (C=O) groups excluding carboxylic acids is 2. The molecule has 2 amide bonds. The molecule has 0 atom stereocenters. The number of anilines is 1. The summed E-state index contributed by atoms with van der Waals surface area (Å²) >= 11 is 10.1. The van der Waals surface area contributed by atoms with Crippen molar-refractivity contribution in [3.8, 4) is 5.75 Å². The maximum Gasteiger partial charge on any atom is 0.261 e. The molecule has 0 fully saturated rings. The maximum absolute atomic E-state index is 12.9. The third-order valence-corrected chi connectivity index (χ3v) is 6.47. The van der Waals surface area contributed by atoms with Gasteiger partial charge in [0.05, 0.1) is 17.7 Å². The molecule has 1 aromatic carbocycles. The van der Waals surface area contributed by atoms with Crippen LogP contribution in [-0.2, 0) is 6.42 Å². The summed E-state index contributed by atoms with van der Waals surface area (Å²) in [6, 6.07) is 5.28. The van der Waals surface area contributed by atoms with Gasteiger partial charge in [-0.15, -0.1) is 11.3 Å². The number of hydrogen-bond acceptors (Lipinski definition) is 5. The lowest BCUT2D eigenvalue weighted by Crippen LogP contribution is -2.34. The Balaban J connectivity index is 2.10. The first-order chi connectivity index (χ1) is 14.8. The summed E-state index contributed by atoms with van der Waals surface area (Å²) < 4.78 is 6.60. The van der Waals surface area contributed by atoms with Crippen LogP contribution in [0.2, 0.25) is 0 Å². The standard InChI is InChI=1S/C22H28BrN3O3S2/c1-4-6-7-8-11-29-17-10-9-14(23)12-16(17)20(28)25-22(30)26-21-18(19(24)27)15(5-2)13(3)31-21/h9-10,12H,4-8,11H2,1-3H3,(H2,24,27)(H2,25,26,28,30). The van der Waals surface area contributed by atoms with Crippen molar-refractivity contribution < 1.29 is 14.3 Å². The van der Waals surface area contributed by atoms with Gasteiger partial charge in [0.2, 0.25) is 0 Å². The molecule has 0 saturated carbocycles. The normalized spacial score (nSPS) is 10.6. The Labute approximate surface area is 201 Å². The van der Waals surface area contributed by atoms with Gasteiger partial charge in [-0.25, -0.2) is 0 Å². The first kappa shape index (κ1) is 25.3. The first-order valence-corrected chi connectivity index (χ1v) is 12.3. The van der Waals surface area contributed by atoms with Gasteiger partial charge >= 0.3 is 0 Å². The second-order valence-corrected chi connectivity index (χ2v) is 9.57. The highest BCUT2D eigenvalue weighted by Crippen LogP contribution is 2.33. The molecule has 0 spiro atoms. The SMILES string of the molecule is CCCCCCOc1ccc(Br)cc1C(=O)NC(=S)Nc1sc(C)c(CC)c1C(N)=O. The highest BCUT2D eigenvalue weighted by molar-refractivity contribution is 9.10. The molecule has 0 saturated heterocycles. The van der Waals surface area contributed by atoms with Crippen molar-refractivity contribution in [1.29, 1.82) is 0 Å². The van der Waals surface area contributed by atoms with Crippen LogP contribution in [0.1, 0.15) is 70.7 Å². The molecule has 0 aliphatic heterocycles. The van der Waals surface area contributed by atoms with Crippen molar-refractivity contribution in [2.75, 3.05) is 11.9 Å². The first-order valence-electron chi connectivity index (χ1n) is 10.2. The minimum Gasteiger partial charge on any atom is -0.493 e. The molecular formula is C22H28BrN3O3S2. The summed E-state index contributed by atoms with van der Waals surface area (Å²) in [6.45, 7) is 6.58. The molecular weight excluding hydrogens is 498 g/mol. The van der Waals surface area contributed by atoms with Gasteiger partial charge in [-0.1, -0.05) is 49.0 Å². The van der Waals surface area contributed by atoms with Crippen molar-refractivity contribution in [3.63, 3.8) is 0 Å². The van der Waals surface area contributed by atoms with Crippen LogP contribution >= 0.6 is 39.5 Å². The minimum absolute atomic E-state index is 0.0882. The van der Waals surface area contributed by atoms with Crippen LogP contribution in [0.5, 0.6) is 5.75 Å². The zero-order valence-electron chi connectivity index (χ0n) is 18.0. The van der Waals surface area contributed by atoms with Gasteiger partial charge < -0.3 is 15.8 Å². The number of rotatable bonds is 10. The fraction of sp³-hybridized carbons (Fsp3) is 0.409. The number of halogens is 1. The van der Waals surface area contributed by atoms with Gasteiger partial charge in [0, 0.05) is 9.35 Å². The van der Waals surface area contributed by atoms with Crippen LogP contribution in [0.15, 0.2) is 22.7 Å². The van der Waals surface area contributed by atoms with E-state index in [4.69, 9.17) is 22.7 Å². The third-order valence-electron chi connectivity index (χ3n) is 4.70. The molecule has 1 heterocycles. The average molecular weight is 527 g/mol. The summed E-state index contributed by atoms with van der Waals surface area (Å²) in [7, 11) is 0. The number of carbonyl (C=O) groups is 2. The molecule has 0 radical (unpaired) electrons. The molecule has 2 rings (SSSR count). The van der Waals surface area contributed by atoms with E-state index >= 15 is 0 Å². The van der Waals surface area contributed by atoms with Crippen molar-refractivity contribution >= 4 is 61.4 Å². The summed E-state index contributed by atoms with van der Waals surface area (Å²) in [5, 5.41) is 6.25. The number of benzene rings is 1. The molecule has 2 aromatic rings. The number of nitrogens with one attached hydrogen (secondary N) is 2. The highest BCUT2D eigenvalue weighted by Gasteiger charge is 2.21. The number of ether oxygens (including phenoxy) is 1. The number of thiophene rings is 1. The predicted molar refractivity (Wildman–Crippen MR) is 134 cm³/mol. The summed E-state index contributed by atoms with van der Waals surface area (Å²) in [5.41, 5.74) is 7.24. The predicted octanol–water partition coefficient (Wildman–Crippen LogP) is 5.57. The lowest BCUT2D eigenvalue weighted by molar-refractivity contribution is 0.0971. The van der Waals surface area contributed by atoms with E-state index in [1.54, 1.807) is 12.1 Å². The van der Waals surface area contributed by atoms with E-state index in [2.05, 4.69) is 33.5 Å². The van der Waals surface area contributed by atoms with Crippen molar-refractivity contribution in [2.45, 2.75) is 52.9 Å². The van der Waals surface area contributed by atoms with Crippen LogP contribution in [-0.4, -0.2) is 23.5 Å². The molecule has 1 aromatic heterocycles. The number of amides is 2. The van der Waals surface area contributed by atoms with Crippen molar-refractivity contribution in [3.05, 3.63) is 44.2 Å². The molecule has 9 heteroatoms. The monoisotopic (exact) mass is 525 g/mol. The Bertz CT molecular complexity index is 960. The number of primary amides is 1. The fourth-order valence-electron chi connectivity index (χ4n) is 3.17. The largest absolute Gasteiger partial charge is 0.493 e. The Morgan fingerprint density at radius 2 is 1.97 bits per heavy atom. The lowest BCUT2D eigenvalue weighted by atomic mass is 10.1. The van der Waals surface area contributed by atoms with E-state index in [9.17, 15) is 9.59 Å². The Morgan fingerprint density at radius 3 is 2.61 bits per heavy atom. The smallest absolute Gasteiger partial charge is 0.261 e. The van der Waals surface area contributed by atoms with Crippen molar-refractivity contribution in [1.82, 2.24) is 5.32 Å². The van der Waals surface area contributed by atoms with Crippen LogP contribution in [0, 0.1) is 6.92 Å². The Kier molecular flexibility index (Phi) is 9.93. The maximum atomic E-state index is 12.9. The topological polar surface area (TPSA) is 93.4 Å². The molecule has 0 bridgehead atoms. The van der Waals surface area contributed by atoms with Crippen LogP contribution in [0.4, 0.5) is 5.00 Å². The number of hydrogen-bond donors (Lipinski definition) is 3. The number of nitrogens with two attached hydrogens (primary N) is 1. The van der Waals surface area contributed by atoms with E-state index in [0.717, 1.165) is 40.6 Å². The van der Waals surface area contributed by atoms with E-state index in [1.165, 1.54) is 11.3 Å². The van der Waals surface area contributed by atoms with Gasteiger partial charge in [0.25, 0.3) is 11.8 Å². The molecule has 4 N–H and O–H groups in total. The van der Waals surface area contributed by atoms with Gasteiger partial charge in [0.15, 0.2) is 5.11 Å². The number of thiocarbonyl (C=S) groups is 1. The molecule has 168 valence electrons. The second-order valence-electron chi connectivity index (χ2n) is 7.02. The molecule has 31 heavy (non-hydrogen) atoms. The van der Waals surface area contributed by atoms with Gasteiger partial charge in [0.1, 0.15) is 10.8 Å². The number of aryl methyl sites for hydroxylation is 1. The van der Waals surface area contributed by atoms with Gasteiger partial charge in [-0.2, -0.15) is 0 Å². The summed E-state index contributed by atoms with van der Waals surface area (Å²) in [5.74, 6) is -0.423. The van der Waals surface area contributed by atoms with E-state index in [0.29, 0.717) is 34.9 Å². The van der Waals surface area contributed by atoms with Crippen molar-refractivity contribution in [2.24, 2.45) is 5.73 Å². The quantitative estimate of drug-likeness (QED) is 0.278. The molecule has 0 unspecified atom stereocenters. The molecule has 6 nitrogen and oxygen atoms in total. The fourth-order valence-corrected chi connectivity index (χ4v) is 4.95. The van der Waals surface area contributed by atoms with Gasteiger partial charge in [-0.05, 0) is 55.7 Å². The highest BCUT2D eigenvalue weighted by atomic mass is 79.9. The molecule has 0 aliphatic carbocycles. The minimum atomic E-state index is -0.524. The lowest BCUT2D eigenvalue weighted by Gasteiger charge is -2.13. The third kappa shape index (κ3) is 7.02. The zero-order chi connectivity index (χ0) is 23.0. The van der Waals surface area contributed by atoms with E-state index in [-0.39, 0.29) is 5.11 Å². The Hall–Kier alpha value is -1.97.